The number of aromatic nitrogens is 2. The predicted octanol–water partition coefficient (Wildman–Crippen LogP) is 5.52. The third-order valence-electron chi connectivity index (χ3n) is 4.74. The molecule has 1 heterocycles. The van der Waals surface area contributed by atoms with Crippen LogP contribution in [0.3, 0.4) is 0 Å². The Morgan fingerprint density at radius 3 is 2.24 bits per heavy atom. The van der Waals surface area contributed by atoms with E-state index in [1.54, 1.807) is 42.5 Å². The highest BCUT2D eigenvalue weighted by Gasteiger charge is 2.16. The summed E-state index contributed by atoms with van der Waals surface area (Å²) in [6, 6.07) is 18.4. The van der Waals surface area contributed by atoms with Crippen LogP contribution in [0.25, 0.3) is 22.5 Å². The maximum atomic E-state index is 12.6. The summed E-state index contributed by atoms with van der Waals surface area (Å²) in [6.07, 6.45) is 0. The molecule has 0 unspecified atom stereocenters. The van der Waals surface area contributed by atoms with Crippen LogP contribution < -0.4 is 10.5 Å². The second-order valence-electron chi connectivity index (χ2n) is 7.05. The average molecular weight is 561 g/mol. The second kappa shape index (κ2) is 9.37. The normalized spacial score (nSPS) is 11.2. The number of halogens is 2. The van der Waals surface area contributed by atoms with Gasteiger partial charge in [0, 0.05) is 33.4 Å². The minimum absolute atomic E-state index is 0.0462. The highest BCUT2D eigenvalue weighted by molar-refractivity contribution is 9.10. The van der Waals surface area contributed by atoms with Gasteiger partial charge in [-0.25, -0.2) is 18.4 Å². The van der Waals surface area contributed by atoms with E-state index in [-0.39, 0.29) is 21.6 Å². The van der Waals surface area contributed by atoms with Crippen molar-refractivity contribution in [3.63, 3.8) is 0 Å². The van der Waals surface area contributed by atoms with Crippen LogP contribution in [0.15, 0.2) is 82.2 Å². The number of nitrogens with one attached hydrogen (secondary N) is 1. The molecule has 0 amide bonds. The zero-order chi connectivity index (χ0) is 24.5. The number of nitro benzene ring substituents is 1. The van der Waals surface area contributed by atoms with E-state index in [0.29, 0.717) is 28.2 Å². The number of hydrogen-bond donors (Lipinski definition) is 2. The lowest BCUT2D eigenvalue weighted by Crippen LogP contribution is -2.12. The molecule has 172 valence electrons. The third kappa shape index (κ3) is 5.16. The predicted molar refractivity (Wildman–Crippen MR) is 134 cm³/mol. The molecule has 4 rings (SSSR count). The first-order valence-electron chi connectivity index (χ1n) is 9.60. The molecule has 3 aromatic carbocycles. The lowest BCUT2D eigenvalue weighted by Gasteiger charge is -2.10. The summed E-state index contributed by atoms with van der Waals surface area (Å²) < 4.78 is 28.5. The number of nitrogens with two attached hydrogens (primary N) is 1. The molecule has 0 bridgehead atoms. The molecule has 0 atom stereocenters. The van der Waals surface area contributed by atoms with E-state index in [0.717, 1.165) is 4.47 Å². The van der Waals surface area contributed by atoms with Gasteiger partial charge in [-0.2, -0.15) is 0 Å². The summed E-state index contributed by atoms with van der Waals surface area (Å²) in [7, 11) is -3.76. The maximum absolute atomic E-state index is 12.6. The van der Waals surface area contributed by atoms with Gasteiger partial charge in [0.05, 0.1) is 26.2 Å². The first kappa shape index (κ1) is 23.6. The standard InChI is InChI=1S/C22H15BrClN5O4S/c23-14-3-8-17(9-4-14)34(32,33)28-15-5-1-13(2-6-15)20-12-21(27-22(25)26-20)18-11-16(29(30)31)7-10-19(18)24/h1-12,28H,(H2,25,26,27). The third-order valence-corrected chi connectivity index (χ3v) is 6.99. The minimum atomic E-state index is -3.76. The first-order valence-corrected chi connectivity index (χ1v) is 12.3. The topological polar surface area (TPSA) is 141 Å². The zero-order valence-corrected chi connectivity index (χ0v) is 20.3. The van der Waals surface area contributed by atoms with Gasteiger partial charge in [0.25, 0.3) is 15.7 Å². The monoisotopic (exact) mass is 559 g/mol. The van der Waals surface area contributed by atoms with Crippen LogP contribution in [0.4, 0.5) is 17.3 Å². The number of sulfonamides is 1. The van der Waals surface area contributed by atoms with Crippen LogP contribution in [-0.4, -0.2) is 23.3 Å². The van der Waals surface area contributed by atoms with Crippen LogP contribution >= 0.6 is 27.5 Å². The summed E-state index contributed by atoms with van der Waals surface area (Å²) in [5, 5.41) is 11.4. The maximum Gasteiger partial charge on any atom is 0.270 e. The molecule has 0 saturated heterocycles. The highest BCUT2D eigenvalue weighted by Crippen LogP contribution is 2.33. The Hall–Kier alpha value is -3.54. The number of rotatable bonds is 6. The number of nitro groups is 1. The fourth-order valence-electron chi connectivity index (χ4n) is 3.11. The molecular formula is C22H15BrClN5O4S. The summed E-state index contributed by atoms with van der Waals surface area (Å²) >= 11 is 9.51. The molecule has 1 aromatic heterocycles. The van der Waals surface area contributed by atoms with Crippen LogP contribution in [-0.2, 0) is 10.0 Å². The first-order chi connectivity index (χ1) is 16.1. The van der Waals surface area contributed by atoms with Gasteiger partial charge in [-0.3, -0.25) is 14.8 Å². The number of hydrogen-bond acceptors (Lipinski definition) is 7. The van der Waals surface area contributed by atoms with Gasteiger partial charge in [0.15, 0.2) is 0 Å². The van der Waals surface area contributed by atoms with Gasteiger partial charge < -0.3 is 5.73 Å². The summed E-state index contributed by atoms with van der Waals surface area (Å²) in [5.41, 5.74) is 7.81. The molecule has 0 fully saturated rings. The molecule has 34 heavy (non-hydrogen) atoms. The van der Waals surface area contributed by atoms with Gasteiger partial charge in [-0.1, -0.05) is 39.7 Å². The molecule has 0 saturated carbocycles. The largest absolute Gasteiger partial charge is 0.368 e. The van der Waals surface area contributed by atoms with E-state index in [1.165, 1.54) is 30.3 Å². The van der Waals surface area contributed by atoms with Crippen molar-refractivity contribution in [2.45, 2.75) is 4.90 Å². The summed E-state index contributed by atoms with van der Waals surface area (Å²) in [4.78, 5) is 19.1. The van der Waals surface area contributed by atoms with Crippen LogP contribution in [0, 0.1) is 10.1 Å². The van der Waals surface area contributed by atoms with Crippen LogP contribution in [0.5, 0.6) is 0 Å². The van der Waals surface area contributed by atoms with Gasteiger partial charge in [-0.05, 0) is 48.5 Å². The fourth-order valence-corrected chi connectivity index (χ4v) is 4.65. The van der Waals surface area contributed by atoms with Crippen LogP contribution in [0.1, 0.15) is 0 Å². The molecule has 0 spiro atoms. The fraction of sp³-hybridized carbons (Fsp3) is 0. The lowest BCUT2D eigenvalue weighted by molar-refractivity contribution is -0.384. The van der Waals surface area contributed by atoms with Crippen LogP contribution in [0.2, 0.25) is 5.02 Å². The second-order valence-corrected chi connectivity index (χ2v) is 10.1. The molecule has 12 heteroatoms. The van der Waals surface area contributed by atoms with Gasteiger partial charge in [-0.15, -0.1) is 0 Å². The highest BCUT2D eigenvalue weighted by atomic mass is 79.9. The van der Waals surface area contributed by atoms with Crippen molar-refractivity contribution in [3.05, 3.63) is 92.4 Å². The molecule has 0 aliphatic carbocycles. The quantitative estimate of drug-likeness (QED) is 0.234. The van der Waals surface area contributed by atoms with Crippen molar-refractivity contribution in [2.24, 2.45) is 0 Å². The average Bonchev–Trinajstić information content (AvgIpc) is 2.79. The molecular weight excluding hydrogens is 546 g/mol. The molecule has 0 aliphatic heterocycles. The Labute approximate surface area is 208 Å². The van der Waals surface area contributed by atoms with E-state index < -0.39 is 14.9 Å². The number of nitrogen functional groups attached to an aromatic ring is 1. The number of benzene rings is 3. The number of non-ortho nitro benzene ring substituents is 1. The van der Waals surface area contributed by atoms with E-state index in [1.807, 2.05) is 0 Å². The van der Waals surface area contributed by atoms with Crippen molar-refractivity contribution in [3.8, 4) is 22.5 Å². The van der Waals surface area contributed by atoms with E-state index >= 15 is 0 Å². The van der Waals surface area contributed by atoms with Crippen molar-refractivity contribution in [2.75, 3.05) is 10.5 Å². The Morgan fingerprint density at radius 2 is 1.59 bits per heavy atom. The summed E-state index contributed by atoms with van der Waals surface area (Å²) in [5.74, 6) is -0.0462. The molecule has 9 nitrogen and oxygen atoms in total. The summed E-state index contributed by atoms with van der Waals surface area (Å²) in [6.45, 7) is 0. The number of nitrogens with zero attached hydrogens (tertiary/aromatic N) is 3. The molecule has 0 aliphatic rings. The van der Waals surface area contributed by atoms with Gasteiger partial charge >= 0.3 is 0 Å². The SMILES string of the molecule is Nc1nc(-c2ccc(NS(=O)(=O)c3ccc(Br)cc3)cc2)cc(-c2cc([N+](=O)[O-])ccc2Cl)n1. The van der Waals surface area contributed by atoms with E-state index in [4.69, 9.17) is 17.3 Å². The smallest absolute Gasteiger partial charge is 0.270 e. The number of anilines is 2. The Balaban J connectivity index is 1.64. The van der Waals surface area contributed by atoms with Crippen molar-refractivity contribution >= 4 is 54.9 Å². The Bertz CT molecular complexity index is 1500. The van der Waals surface area contributed by atoms with E-state index in [9.17, 15) is 18.5 Å². The molecule has 3 N–H and O–H groups in total. The Morgan fingerprint density at radius 1 is 0.941 bits per heavy atom. The minimum Gasteiger partial charge on any atom is -0.368 e. The van der Waals surface area contributed by atoms with E-state index in [2.05, 4.69) is 30.6 Å². The Kier molecular flexibility index (Phi) is 6.51. The molecule has 4 aromatic rings. The van der Waals surface area contributed by atoms with Crippen molar-refractivity contribution in [1.29, 1.82) is 0 Å². The van der Waals surface area contributed by atoms with Gasteiger partial charge in [0.2, 0.25) is 5.95 Å². The lowest BCUT2D eigenvalue weighted by atomic mass is 10.1. The van der Waals surface area contributed by atoms with Crippen molar-refractivity contribution < 1.29 is 13.3 Å². The van der Waals surface area contributed by atoms with Crippen molar-refractivity contribution in [1.82, 2.24) is 9.97 Å². The zero-order valence-electron chi connectivity index (χ0n) is 17.1. The van der Waals surface area contributed by atoms with Gasteiger partial charge in [0.1, 0.15) is 0 Å². The molecule has 0 radical (unpaired) electrons.